The van der Waals surface area contributed by atoms with Crippen molar-refractivity contribution in [3.8, 4) is 0 Å². The molecule has 0 aromatic heterocycles. The Labute approximate surface area is 186 Å². The summed E-state index contributed by atoms with van der Waals surface area (Å²) in [7, 11) is -3.60. The topological polar surface area (TPSA) is 66.5 Å². The molecule has 3 rings (SSSR count). The number of carbonyl (C=O) groups excluding carboxylic acids is 1. The summed E-state index contributed by atoms with van der Waals surface area (Å²) in [6, 6.07) is 9.95. The van der Waals surface area contributed by atoms with Gasteiger partial charge in [-0.25, -0.2) is 8.42 Å². The van der Waals surface area contributed by atoms with Gasteiger partial charge in [-0.05, 0) is 74.1 Å². The summed E-state index contributed by atoms with van der Waals surface area (Å²) in [5.41, 5.74) is 1.93. The van der Waals surface area contributed by atoms with Crippen molar-refractivity contribution in [2.45, 2.75) is 44.2 Å². The zero-order valence-corrected chi connectivity index (χ0v) is 18.9. The Morgan fingerprint density at radius 2 is 1.66 bits per heavy atom. The van der Waals surface area contributed by atoms with E-state index < -0.39 is 21.8 Å². The Kier molecular flexibility index (Phi) is 7.29. The van der Waals surface area contributed by atoms with Crippen molar-refractivity contribution in [2.75, 3.05) is 19.6 Å². The molecule has 1 amide bonds. The molecule has 0 spiro atoms. The monoisotopic (exact) mass is 468 g/mol. The summed E-state index contributed by atoms with van der Waals surface area (Å²) < 4.78 is 65.1. The standard InChI is InChI=1S/C23H27F3N2O3S/c1-16-3-8-21(15-17(16)2)32(30,31)28-13-10-19(11-14-28)22(29)27-12-9-18-4-6-20(7-5-18)23(24,25)26/h3-8,15,19H,9-14H2,1-2H3,(H,27,29). The van der Waals surface area contributed by atoms with Gasteiger partial charge in [0.2, 0.25) is 15.9 Å². The third-order valence-electron chi connectivity index (χ3n) is 5.94. The van der Waals surface area contributed by atoms with Crippen LogP contribution < -0.4 is 5.32 Å². The molecular weight excluding hydrogens is 441 g/mol. The van der Waals surface area contributed by atoms with Gasteiger partial charge in [-0.15, -0.1) is 0 Å². The first-order valence-electron chi connectivity index (χ1n) is 10.5. The molecule has 2 aromatic rings. The average Bonchev–Trinajstić information content (AvgIpc) is 2.75. The van der Waals surface area contributed by atoms with Crippen molar-refractivity contribution in [2.24, 2.45) is 5.92 Å². The maximum atomic E-state index is 12.9. The van der Waals surface area contributed by atoms with Crippen LogP contribution in [-0.4, -0.2) is 38.3 Å². The molecule has 174 valence electrons. The van der Waals surface area contributed by atoms with E-state index in [-0.39, 0.29) is 29.8 Å². The molecule has 0 bridgehead atoms. The number of nitrogens with zero attached hydrogens (tertiary/aromatic N) is 1. The Balaban J connectivity index is 1.48. The second-order valence-corrected chi connectivity index (χ2v) is 10.1. The Hall–Kier alpha value is -2.39. The molecule has 0 radical (unpaired) electrons. The van der Waals surface area contributed by atoms with E-state index in [0.29, 0.717) is 31.4 Å². The van der Waals surface area contributed by atoms with E-state index in [2.05, 4.69) is 5.32 Å². The number of piperidine rings is 1. The van der Waals surface area contributed by atoms with Crippen LogP contribution in [0.5, 0.6) is 0 Å². The fraction of sp³-hybridized carbons (Fsp3) is 0.435. The van der Waals surface area contributed by atoms with Crippen molar-refractivity contribution >= 4 is 15.9 Å². The number of hydrogen-bond acceptors (Lipinski definition) is 3. The summed E-state index contributed by atoms with van der Waals surface area (Å²) in [4.78, 5) is 12.7. The largest absolute Gasteiger partial charge is 0.416 e. The molecule has 2 aromatic carbocycles. The number of halogens is 3. The van der Waals surface area contributed by atoms with Gasteiger partial charge < -0.3 is 5.32 Å². The molecule has 32 heavy (non-hydrogen) atoms. The molecule has 0 unspecified atom stereocenters. The van der Waals surface area contributed by atoms with Crippen LogP contribution in [0.2, 0.25) is 0 Å². The normalized spacial score (nSPS) is 16.2. The number of aryl methyl sites for hydroxylation is 2. The number of alkyl halides is 3. The van der Waals surface area contributed by atoms with E-state index in [1.807, 2.05) is 13.8 Å². The molecule has 1 heterocycles. The summed E-state index contributed by atoms with van der Waals surface area (Å²) >= 11 is 0. The van der Waals surface area contributed by atoms with Crippen LogP contribution in [0.25, 0.3) is 0 Å². The first kappa shape index (κ1) is 24.3. The number of rotatable bonds is 6. The van der Waals surface area contributed by atoms with E-state index in [9.17, 15) is 26.4 Å². The number of carbonyl (C=O) groups is 1. The zero-order valence-electron chi connectivity index (χ0n) is 18.1. The van der Waals surface area contributed by atoms with E-state index >= 15 is 0 Å². The second kappa shape index (κ2) is 9.62. The number of benzene rings is 2. The van der Waals surface area contributed by atoms with Crippen molar-refractivity contribution in [1.29, 1.82) is 0 Å². The zero-order chi connectivity index (χ0) is 23.5. The third-order valence-corrected chi connectivity index (χ3v) is 7.83. The lowest BCUT2D eigenvalue weighted by molar-refractivity contribution is -0.137. The third kappa shape index (κ3) is 5.69. The van der Waals surface area contributed by atoms with Crippen molar-refractivity contribution in [3.05, 3.63) is 64.7 Å². The molecule has 0 saturated carbocycles. The lowest BCUT2D eigenvalue weighted by atomic mass is 9.97. The van der Waals surface area contributed by atoms with E-state index in [1.165, 1.54) is 16.4 Å². The maximum Gasteiger partial charge on any atom is 0.416 e. The first-order valence-corrected chi connectivity index (χ1v) is 11.9. The molecule has 1 saturated heterocycles. The predicted octanol–water partition coefficient (Wildman–Crippen LogP) is 4.08. The smallest absolute Gasteiger partial charge is 0.356 e. The van der Waals surface area contributed by atoms with Crippen LogP contribution in [0.15, 0.2) is 47.4 Å². The SMILES string of the molecule is Cc1ccc(S(=O)(=O)N2CCC(C(=O)NCCc3ccc(C(F)(F)F)cc3)CC2)cc1C. The lowest BCUT2D eigenvalue weighted by Gasteiger charge is -2.30. The molecule has 1 fully saturated rings. The highest BCUT2D eigenvalue weighted by Crippen LogP contribution is 2.29. The highest BCUT2D eigenvalue weighted by molar-refractivity contribution is 7.89. The average molecular weight is 469 g/mol. The summed E-state index contributed by atoms with van der Waals surface area (Å²) in [5.74, 6) is -0.436. The molecule has 1 aliphatic rings. The highest BCUT2D eigenvalue weighted by Gasteiger charge is 2.32. The Bertz CT molecular complexity index is 1060. The molecule has 1 N–H and O–H groups in total. The van der Waals surface area contributed by atoms with E-state index in [0.717, 1.165) is 23.3 Å². The van der Waals surface area contributed by atoms with Crippen molar-refractivity contribution < 1.29 is 26.4 Å². The van der Waals surface area contributed by atoms with Gasteiger partial charge >= 0.3 is 6.18 Å². The summed E-state index contributed by atoms with van der Waals surface area (Å²) in [6.45, 7) is 4.65. The van der Waals surface area contributed by atoms with Crippen LogP contribution in [0.1, 0.15) is 35.1 Å². The fourth-order valence-electron chi connectivity index (χ4n) is 3.72. The van der Waals surface area contributed by atoms with Crippen LogP contribution >= 0.6 is 0 Å². The van der Waals surface area contributed by atoms with Crippen LogP contribution in [0.3, 0.4) is 0 Å². The lowest BCUT2D eigenvalue weighted by Crippen LogP contribution is -2.43. The van der Waals surface area contributed by atoms with Crippen molar-refractivity contribution in [3.63, 3.8) is 0 Å². The molecule has 0 aliphatic carbocycles. The number of amides is 1. The quantitative estimate of drug-likeness (QED) is 0.695. The van der Waals surface area contributed by atoms with Gasteiger partial charge in [-0.3, -0.25) is 4.79 Å². The first-order chi connectivity index (χ1) is 15.0. The molecule has 9 heteroatoms. The van der Waals surface area contributed by atoms with Crippen LogP contribution in [0, 0.1) is 19.8 Å². The van der Waals surface area contributed by atoms with Gasteiger partial charge in [0.25, 0.3) is 0 Å². The van der Waals surface area contributed by atoms with Crippen LogP contribution in [0.4, 0.5) is 13.2 Å². The number of hydrogen-bond donors (Lipinski definition) is 1. The van der Waals surface area contributed by atoms with Gasteiger partial charge in [-0.2, -0.15) is 17.5 Å². The number of nitrogens with one attached hydrogen (secondary N) is 1. The van der Waals surface area contributed by atoms with Crippen LogP contribution in [-0.2, 0) is 27.4 Å². The minimum Gasteiger partial charge on any atom is -0.356 e. The van der Waals surface area contributed by atoms with E-state index in [4.69, 9.17) is 0 Å². The summed E-state index contributed by atoms with van der Waals surface area (Å²) in [5, 5.41) is 2.82. The van der Waals surface area contributed by atoms with Gasteiger partial charge in [0.1, 0.15) is 0 Å². The molecule has 0 atom stereocenters. The Morgan fingerprint density at radius 1 is 1.03 bits per heavy atom. The van der Waals surface area contributed by atoms with Gasteiger partial charge in [0, 0.05) is 25.6 Å². The minimum absolute atomic E-state index is 0.153. The molecular formula is C23H27F3N2O3S. The number of sulfonamides is 1. The van der Waals surface area contributed by atoms with Gasteiger partial charge in [-0.1, -0.05) is 18.2 Å². The van der Waals surface area contributed by atoms with Gasteiger partial charge in [0.15, 0.2) is 0 Å². The predicted molar refractivity (Wildman–Crippen MR) is 116 cm³/mol. The second-order valence-electron chi connectivity index (χ2n) is 8.16. The summed E-state index contributed by atoms with van der Waals surface area (Å²) in [6.07, 6.45) is -3.09. The van der Waals surface area contributed by atoms with E-state index in [1.54, 1.807) is 18.2 Å². The van der Waals surface area contributed by atoms with Gasteiger partial charge in [0.05, 0.1) is 10.5 Å². The highest BCUT2D eigenvalue weighted by atomic mass is 32.2. The van der Waals surface area contributed by atoms with Crippen molar-refractivity contribution in [1.82, 2.24) is 9.62 Å². The molecule has 5 nitrogen and oxygen atoms in total. The Morgan fingerprint density at radius 3 is 2.22 bits per heavy atom. The molecule has 1 aliphatic heterocycles. The fourth-order valence-corrected chi connectivity index (χ4v) is 5.27. The minimum atomic E-state index is -4.37. The maximum absolute atomic E-state index is 12.9.